The summed E-state index contributed by atoms with van der Waals surface area (Å²) in [5, 5.41) is 4.37. The van der Waals surface area contributed by atoms with E-state index in [0.29, 0.717) is 6.04 Å². The molecule has 0 aliphatic carbocycles. The fraction of sp³-hybridized carbons (Fsp3) is 0.727. The number of aromatic nitrogens is 2. The van der Waals surface area contributed by atoms with Crippen LogP contribution in [0.3, 0.4) is 0 Å². The van der Waals surface area contributed by atoms with Gasteiger partial charge in [0.2, 0.25) is 0 Å². The molecule has 4 nitrogen and oxygen atoms in total. The molecule has 16 heavy (non-hydrogen) atoms. The second kappa shape index (κ2) is 4.13. The first-order chi connectivity index (χ1) is 7.77. The molecule has 3 heterocycles. The van der Waals surface area contributed by atoms with Gasteiger partial charge < -0.3 is 9.47 Å². The van der Waals surface area contributed by atoms with E-state index in [1.807, 2.05) is 17.1 Å². The molecule has 2 atom stereocenters. The molecule has 0 bridgehead atoms. The Labute approximate surface area is 103 Å². The molecule has 2 aliphatic rings. The Morgan fingerprint density at radius 2 is 2.44 bits per heavy atom. The molecule has 0 N–H and O–H groups in total. The van der Waals surface area contributed by atoms with Gasteiger partial charge in [0.05, 0.1) is 28.9 Å². The van der Waals surface area contributed by atoms with Crippen molar-refractivity contribution in [3.8, 4) is 0 Å². The minimum absolute atomic E-state index is 0.0403. The molecule has 0 aromatic carbocycles. The van der Waals surface area contributed by atoms with Crippen molar-refractivity contribution in [2.45, 2.75) is 30.9 Å². The van der Waals surface area contributed by atoms with Crippen LogP contribution >= 0.6 is 15.9 Å². The fourth-order valence-corrected chi connectivity index (χ4v) is 2.91. The van der Waals surface area contributed by atoms with Crippen LogP contribution in [0.15, 0.2) is 16.9 Å². The van der Waals surface area contributed by atoms with Crippen LogP contribution < -0.4 is 0 Å². The van der Waals surface area contributed by atoms with Crippen molar-refractivity contribution in [3.05, 3.63) is 16.9 Å². The smallest absolute Gasteiger partial charge is 0.0957 e. The quantitative estimate of drug-likeness (QED) is 0.794. The summed E-state index contributed by atoms with van der Waals surface area (Å²) in [5.74, 6) is 0. The van der Waals surface area contributed by atoms with Crippen LogP contribution in [0.4, 0.5) is 0 Å². The highest BCUT2D eigenvalue weighted by molar-refractivity contribution is 9.10. The van der Waals surface area contributed by atoms with Gasteiger partial charge in [0.1, 0.15) is 0 Å². The maximum absolute atomic E-state index is 5.91. The summed E-state index contributed by atoms with van der Waals surface area (Å²) in [6.45, 7) is 2.38. The summed E-state index contributed by atoms with van der Waals surface area (Å²) in [7, 11) is 0. The number of hydrogen-bond acceptors (Lipinski definition) is 3. The zero-order chi connectivity index (χ0) is 11.0. The van der Waals surface area contributed by atoms with Gasteiger partial charge in [-0.15, -0.1) is 0 Å². The van der Waals surface area contributed by atoms with Crippen LogP contribution in [0.5, 0.6) is 0 Å². The lowest BCUT2D eigenvalue weighted by molar-refractivity contribution is -0.0962. The molecule has 1 spiro atoms. The van der Waals surface area contributed by atoms with Crippen LogP contribution in [0.2, 0.25) is 0 Å². The van der Waals surface area contributed by atoms with E-state index in [2.05, 4.69) is 21.0 Å². The summed E-state index contributed by atoms with van der Waals surface area (Å²) in [6.07, 6.45) is 6.95. The lowest BCUT2D eigenvalue weighted by Crippen LogP contribution is -2.41. The summed E-state index contributed by atoms with van der Waals surface area (Å²) < 4.78 is 14.5. The van der Waals surface area contributed by atoms with E-state index in [1.165, 1.54) is 0 Å². The summed E-state index contributed by atoms with van der Waals surface area (Å²) in [6, 6.07) is 0.446. The predicted octanol–water partition coefficient (Wildman–Crippen LogP) is 2.16. The van der Waals surface area contributed by atoms with Crippen molar-refractivity contribution in [1.29, 1.82) is 0 Å². The second-order valence-electron chi connectivity index (χ2n) is 4.62. The zero-order valence-corrected chi connectivity index (χ0v) is 10.6. The SMILES string of the molecule is Brc1cnn(C2CCOC3(CCOC3)C2)c1. The van der Waals surface area contributed by atoms with Crippen molar-refractivity contribution in [3.63, 3.8) is 0 Å². The van der Waals surface area contributed by atoms with Crippen LogP contribution in [0.25, 0.3) is 0 Å². The van der Waals surface area contributed by atoms with Crippen LogP contribution in [0, 0.1) is 0 Å². The average molecular weight is 287 g/mol. The second-order valence-corrected chi connectivity index (χ2v) is 5.53. The molecule has 2 aliphatic heterocycles. The molecule has 0 saturated carbocycles. The number of hydrogen-bond donors (Lipinski definition) is 0. The van der Waals surface area contributed by atoms with E-state index in [4.69, 9.17) is 9.47 Å². The van der Waals surface area contributed by atoms with Gasteiger partial charge in [-0.1, -0.05) is 0 Å². The van der Waals surface area contributed by atoms with Crippen molar-refractivity contribution in [1.82, 2.24) is 9.78 Å². The van der Waals surface area contributed by atoms with Gasteiger partial charge in [-0.25, -0.2) is 0 Å². The van der Waals surface area contributed by atoms with Gasteiger partial charge in [0, 0.05) is 32.3 Å². The van der Waals surface area contributed by atoms with Gasteiger partial charge in [-0.3, -0.25) is 4.68 Å². The van der Waals surface area contributed by atoms with Gasteiger partial charge in [0.25, 0.3) is 0 Å². The monoisotopic (exact) mass is 286 g/mol. The molecule has 0 radical (unpaired) electrons. The molecule has 88 valence electrons. The first kappa shape index (κ1) is 10.7. The molecular formula is C11H15BrN2O2. The Balaban J connectivity index is 1.77. The molecule has 3 rings (SSSR count). The maximum Gasteiger partial charge on any atom is 0.0957 e. The van der Waals surface area contributed by atoms with E-state index in [0.717, 1.165) is 43.6 Å². The van der Waals surface area contributed by atoms with Gasteiger partial charge in [-0.05, 0) is 22.4 Å². The molecule has 0 amide bonds. The summed E-state index contributed by atoms with van der Waals surface area (Å²) in [5.41, 5.74) is -0.0403. The van der Waals surface area contributed by atoms with Crippen molar-refractivity contribution in [2.24, 2.45) is 0 Å². The highest BCUT2D eigenvalue weighted by atomic mass is 79.9. The third-order valence-electron chi connectivity index (χ3n) is 3.48. The van der Waals surface area contributed by atoms with Crippen LogP contribution in [-0.2, 0) is 9.47 Å². The largest absolute Gasteiger partial charge is 0.378 e. The Kier molecular flexibility index (Phi) is 2.77. The molecule has 1 aromatic rings. The van der Waals surface area contributed by atoms with E-state index in [9.17, 15) is 0 Å². The first-order valence-corrected chi connectivity index (χ1v) is 6.48. The standard InChI is InChI=1S/C11H15BrN2O2/c12-9-6-13-14(7-9)10-1-3-16-11(5-10)2-4-15-8-11/h6-7,10H,1-5,8H2. The molecule has 2 unspecified atom stereocenters. The lowest BCUT2D eigenvalue weighted by Gasteiger charge is -2.37. The van der Waals surface area contributed by atoms with E-state index in [-0.39, 0.29) is 5.60 Å². The van der Waals surface area contributed by atoms with Gasteiger partial charge in [-0.2, -0.15) is 5.10 Å². The average Bonchev–Trinajstić information content (AvgIpc) is 2.89. The molecular weight excluding hydrogens is 272 g/mol. The maximum atomic E-state index is 5.91. The highest BCUT2D eigenvalue weighted by Gasteiger charge is 2.41. The predicted molar refractivity (Wildman–Crippen MR) is 62.3 cm³/mol. The Morgan fingerprint density at radius 1 is 1.50 bits per heavy atom. The van der Waals surface area contributed by atoms with Crippen molar-refractivity contribution in [2.75, 3.05) is 19.8 Å². The molecule has 2 saturated heterocycles. The molecule has 2 fully saturated rings. The number of ether oxygens (including phenoxy) is 2. The Bertz CT molecular complexity index is 374. The van der Waals surface area contributed by atoms with Crippen molar-refractivity contribution < 1.29 is 9.47 Å². The number of rotatable bonds is 1. The number of nitrogens with zero attached hydrogens (tertiary/aromatic N) is 2. The van der Waals surface area contributed by atoms with Crippen LogP contribution in [0.1, 0.15) is 25.3 Å². The van der Waals surface area contributed by atoms with Gasteiger partial charge >= 0.3 is 0 Å². The topological polar surface area (TPSA) is 36.3 Å². The normalized spacial score (nSPS) is 34.7. The highest BCUT2D eigenvalue weighted by Crippen LogP contribution is 2.37. The Morgan fingerprint density at radius 3 is 3.12 bits per heavy atom. The van der Waals surface area contributed by atoms with Crippen molar-refractivity contribution >= 4 is 15.9 Å². The van der Waals surface area contributed by atoms with E-state index < -0.39 is 0 Å². The molecule has 5 heteroatoms. The minimum atomic E-state index is -0.0403. The van der Waals surface area contributed by atoms with Crippen LogP contribution in [-0.4, -0.2) is 35.2 Å². The summed E-state index contributed by atoms with van der Waals surface area (Å²) >= 11 is 3.43. The molecule has 1 aromatic heterocycles. The van der Waals surface area contributed by atoms with E-state index >= 15 is 0 Å². The van der Waals surface area contributed by atoms with E-state index in [1.54, 1.807) is 0 Å². The third-order valence-corrected chi connectivity index (χ3v) is 3.89. The fourth-order valence-electron chi connectivity index (χ4n) is 2.61. The Hall–Kier alpha value is -0.390. The van der Waals surface area contributed by atoms with Gasteiger partial charge in [0.15, 0.2) is 0 Å². The summed E-state index contributed by atoms with van der Waals surface area (Å²) in [4.78, 5) is 0. The third kappa shape index (κ3) is 1.92. The number of halogens is 1. The first-order valence-electron chi connectivity index (χ1n) is 5.69. The lowest BCUT2D eigenvalue weighted by atomic mass is 9.90. The minimum Gasteiger partial charge on any atom is -0.378 e. The zero-order valence-electron chi connectivity index (χ0n) is 9.06.